The van der Waals surface area contributed by atoms with Gasteiger partial charge in [-0.3, -0.25) is 19.3 Å². The summed E-state index contributed by atoms with van der Waals surface area (Å²) in [5.41, 5.74) is 0.484. The number of carbonyl (C=O) groups excluding carboxylic acids is 2. The van der Waals surface area contributed by atoms with Gasteiger partial charge in [0.05, 0.1) is 9.80 Å². The Hall–Kier alpha value is -2.89. The number of hydrogen-bond donors (Lipinski definition) is 2. The van der Waals surface area contributed by atoms with Gasteiger partial charge in [-0.2, -0.15) is 0 Å². The highest BCUT2D eigenvalue weighted by Gasteiger charge is 2.34. The van der Waals surface area contributed by atoms with Gasteiger partial charge in [-0.25, -0.2) is 13.6 Å². The lowest BCUT2D eigenvalue weighted by molar-refractivity contribution is -0.137. The topological polar surface area (TPSA) is 148 Å². The molecular weight excluding hydrogens is 420 g/mol. The van der Waals surface area contributed by atoms with Gasteiger partial charge in [-0.15, -0.1) is 0 Å². The quantitative estimate of drug-likeness (QED) is 0.629. The predicted molar refractivity (Wildman–Crippen MR) is 105 cm³/mol. The molecule has 1 aliphatic heterocycles. The fourth-order valence-corrected chi connectivity index (χ4v) is 4.03. The van der Waals surface area contributed by atoms with E-state index in [0.717, 1.165) is 16.7 Å². The highest BCUT2D eigenvalue weighted by atomic mass is 32.2. The number of sulfonamides is 1. The zero-order chi connectivity index (χ0) is 21.2. The normalized spacial score (nSPS) is 16.0. The molecule has 1 fully saturated rings. The molecule has 11 heteroatoms. The molecule has 1 saturated heterocycles. The van der Waals surface area contributed by atoms with E-state index < -0.39 is 27.1 Å². The number of carboxylic acids is 1. The van der Waals surface area contributed by atoms with Gasteiger partial charge >= 0.3 is 5.97 Å². The molecule has 2 amide bonds. The number of imide groups is 1. The third kappa shape index (κ3) is 4.94. The second-order valence-corrected chi connectivity index (χ2v) is 8.66. The summed E-state index contributed by atoms with van der Waals surface area (Å²) in [6, 6.07) is 9.09. The SMILES string of the molecule is NS(=O)(=O)c1cccc(-c2ccc(C=C3SC(=O)N(CCCC(=O)O)C3=O)o2)c1. The number of carbonyl (C=O) groups is 3. The number of carboxylic acid groups (broad SMARTS) is 1. The van der Waals surface area contributed by atoms with Crippen molar-refractivity contribution in [2.75, 3.05) is 6.54 Å². The maximum atomic E-state index is 12.4. The smallest absolute Gasteiger partial charge is 0.303 e. The second kappa shape index (κ2) is 8.23. The van der Waals surface area contributed by atoms with Gasteiger partial charge in [0.15, 0.2) is 0 Å². The van der Waals surface area contributed by atoms with Crippen LogP contribution in [-0.4, -0.2) is 42.1 Å². The predicted octanol–water partition coefficient (Wildman–Crippen LogP) is 2.50. The van der Waals surface area contributed by atoms with Crippen molar-refractivity contribution in [1.29, 1.82) is 0 Å². The van der Waals surface area contributed by atoms with Crippen LogP contribution in [0.5, 0.6) is 0 Å². The van der Waals surface area contributed by atoms with Crippen LogP contribution in [0.25, 0.3) is 17.4 Å². The van der Waals surface area contributed by atoms with Crippen molar-refractivity contribution in [2.45, 2.75) is 17.7 Å². The van der Waals surface area contributed by atoms with E-state index in [2.05, 4.69) is 0 Å². The van der Waals surface area contributed by atoms with Crippen molar-refractivity contribution in [2.24, 2.45) is 5.14 Å². The molecule has 3 N–H and O–H groups in total. The van der Waals surface area contributed by atoms with Crippen molar-refractivity contribution in [3.8, 4) is 11.3 Å². The number of nitrogens with zero attached hydrogens (tertiary/aromatic N) is 1. The third-order valence-corrected chi connectivity index (χ3v) is 5.81. The molecule has 0 atom stereocenters. The Morgan fingerprint density at radius 2 is 2.00 bits per heavy atom. The van der Waals surface area contributed by atoms with Crippen molar-refractivity contribution in [3.05, 3.63) is 47.1 Å². The van der Waals surface area contributed by atoms with Gasteiger partial charge in [-0.05, 0) is 42.4 Å². The second-order valence-electron chi connectivity index (χ2n) is 6.11. The molecule has 0 spiro atoms. The molecule has 2 aromatic rings. The van der Waals surface area contributed by atoms with E-state index in [1.807, 2.05) is 0 Å². The number of hydrogen-bond acceptors (Lipinski definition) is 7. The summed E-state index contributed by atoms with van der Waals surface area (Å²) in [6.07, 6.45) is 1.45. The standard InChI is InChI=1S/C18H16N2O7S2/c19-29(25,26)13-4-1-3-11(9-13)14-7-6-12(27-14)10-15-17(23)20(18(24)28-15)8-2-5-16(21)22/h1,3-4,6-7,9-10H,2,5,8H2,(H,21,22)(H2,19,25,26). The summed E-state index contributed by atoms with van der Waals surface area (Å²) in [5, 5.41) is 13.3. The molecule has 152 valence electrons. The zero-order valence-corrected chi connectivity index (χ0v) is 16.5. The Labute approximate surface area is 170 Å². The van der Waals surface area contributed by atoms with Crippen LogP contribution in [0.3, 0.4) is 0 Å². The molecule has 1 aromatic heterocycles. The molecule has 0 unspecified atom stereocenters. The largest absolute Gasteiger partial charge is 0.481 e. The first-order valence-electron chi connectivity index (χ1n) is 8.35. The van der Waals surface area contributed by atoms with Crippen LogP contribution in [0.4, 0.5) is 4.79 Å². The molecule has 3 rings (SSSR count). The number of primary sulfonamides is 1. The molecule has 0 aliphatic carbocycles. The first kappa shape index (κ1) is 20.8. The number of rotatable bonds is 7. The Morgan fingerprint density at radius 1 is 1.24 bits per heavy atom. The van der Waals surface area contributed by atoms with Crippen molar-refractivity contribution >= 4 is 45.0 Å². The van der Waals surface area contributed by atoms with Gasteiger partial charge < -0.3 is 9.52 Å². The Bertz CT molecular complexity index is 1120. The minimum absolute atomic E-state index is 0.0259. The van der Waals surface area contributed by atoms with Crippen LogP contribution in [0.15, 0.2) is 50.6 Å². The lowest BCUT2D eigenvalue weighted by Crippen LogP contribution is -2.29. The number of aliphatic carboxylic acids is 1. The average molecular weight is 436 g/mol. The van der Waals surface area contributed by atoms with Crippen LogP contribution in [0.2, 0.25) is 0 Å². The fraction of sp³-hybridized carbons (Fsp3) is 0.167. The summed E-state index contributed by atoms with van der Waals surface area (Å²) < 4.78 is 28.6. The van der Waals surface area contributed by atoms with Gasteiger partial charge in [-0.1, -0.05) is 12.1 Å². The Balaban J connectivity index is 1.78. The zero-order valence-electron chi connectivity index (χ0n) is 14.9. The van der Waals surface area contributed by atoms with Gasteiger partial charge in [0.2, 0.25) is 10.0 Å². The highest BCUT2D eigenvalue weighted by molar-refractivity contribution is 8.18. The summed E-state index contributed by atoms with van der Waals surface area (Å²) in [4.78, 5) is 36.0. The molecule has 0 radical (unpaired) electrons. The van der Waals surface area contributed by atoms with E-state index in [9.17, 15) is 22.8 Å². The molecule has 0 saturated carbocycles. The van der Waals surface area contributed by atoms with Gasteiger partial charge in [0.1, 0.15) is 11.5 Å². The van der Waals surface area contributed by atoms with Crippen LogP contribution in [-0.2, 0) is 19.6 Å². The average Bonchev–Trinajstić information content (AvgIpc) is 3.21. The highest BCUT2D eigenvalue weighted by Crippen LogP contribution is 2.33. The minimum atomic E-state index is -3.86. The van der Waals surface area contributed by atoms with E-state index in [4.69, 9.17) is 14.7 Å². The Morgan fingerprint density at radius 3 is 2.69 bits per heavy atom. The molecule has 1 aromatic carbocycles. The first-order valence-corrected chi connectivity index (χ1v) is 10.7. The lowest BCUT2D eigenvalue weighted by Gasteiger charge is -2.10. The maximum absolute atomic E-state index is 12.4. The third-order valence-electron chi connectivity index (χ3n) is 3.99. The van der Waals surface area contributed by atoms with Gasteiger partial charge in [0.25, 0.3) is 11.1 Å². The molecule has 2 heterocycles. The summed E-state index contributed by atoms with van der Waals surface area (Å²) in [7, 11) is -3.86. The summed E-state index contributed by atoms with van der Waals surface area (Å²) in [6.45, 7) is 0.0259. The fourth-order valence-electron chi connectivity index (χ4n) is 2.62. The van der Waals surface area contributed by atoms with Gasteiger partial charge in [0, 0.05) is 24.6 Å². The molecule has 0 bridgehead atoms. The number of furan rings is 1. The summed E-state index contributed by atoms with van der Waals surface area (Å²) in [5.74, 6) is -0.846. The molecule has 9 nitrogen and oxygen atoms in total. The molecule has 1 aliphatic rings. The lowest BCUT2D eigenvalue weighted by atomic mass is 10.2. The minimum Gasteiger partial charge on any atom is -0.481 e. The van der Waals surface area contributed by atoms with Crippen molar-refractivity contribution < 1.29 is 32.3 Å². The van der Waals surface area contributed by atoms with Crippen LogP contribution >= 0.6 is 11.8 Å². The molecular formula is C18H16N2O7S2. The van der Waals surface area contributed by atoms with Crippen LogP contribution in [0.1, 0.15) is 18.6 Å². The monoisotopic (exact) mass is 436 g/mol. The van der Waals surface area contributed by atoms with Crippen LogP contribution < -0.4 is 5.14 Å². The number of amides is 2. The van der Waals surface area contributed by atoms with E-state index in [0.29, 0.717) is 17.1 Å². The number of thioether (sulfide) groups is 1. The van der Waals surface area contributed by atoms with E-state index >= 15 is 0 Å². The Kier molecular flexibility index (Phi) is 5.91. The van der Waals surface area contributed by atoms with Crippen molar-refractivity contribution in [3.63, 3.8) is 0 Å². The maximum Gasteiger partial charge on any atom is 0.303 e. The van der Waals surface area contributed by atoms with E-state index in [-0.39, 0.29) is 29.2 Å². The van der Waals surface area contributed by atoms with E-state index in [1.54, 1.807) is 18.2 Å². The van der Waals surface area contributed by atoms with Crippen molar-refractivity contribution in [1.82, 2.24) is 4.90 Å². The molecule has 29 heavy (non-hydrogen) atoms. The number of nitrogens with two attached hydrogens (primary N) is 1. The van der Waals surface area contributed by atoms with E-state index in [1.165, 1.54) is 24.3 Å². The first-order chi connectivity index (χ1) is 13.6. The summed E-state index contributed by atoms with van der Waals surface area (Å²) >= 11 is 0.742. The van der Waals surface area contributed by atoms with Crippen LogP contribution in [0, 0.1) is 0 Å². The number of benzene rings is 1.